The summed E-state index contributed by atoms with van der Waals surface area (Å²) >= 11 is 0. The van der Waals surface area contributed by atoms with Gasteiger partial charge in [0.05, 0.1) is 12.3 Å². The minimum Gasteiger partial charge on any atom is -0.462 e. The topological polar surface area (TPSA) is 79.7 Å². The van der Waals surface area contributed by atoms with Gasteiger partial charge in [-0.1, -0.05) is 29.8 Å². The number of likely N-dealkylation sites (tertiary alicyclic amines) is 1. The Morgan fingerprint density at radius 3 is 2.86 bits per heavy atom. The lowest BCUT2D eigenvalue weighted by atomic mass is 10.0. The monoisotopic (exact) mass is 380 g/mol. The highest BCUT2D eigenvalue weighted by molar-refractivity contribution is 5.95. The summed E-state index contributed by atoms with van der Waals surface area (Å²) in [5.74, 6) is -0.482. The summed E-state index contributed by atoms with van der Waals surface area (Å²) < 4.78 is 6.34. The normalized spacial score (nSPS) is 17.3. The van der Waals surface area contributed by atoms with Crippen LogP contribution in [0.4, 0.5) is 0 Å². The molecule has 146 valence electrons. The predicted octanol–water partition coefficient (Wildman–Crippen LogP) is 2.84. The van der Waals surface area contributed by atoms with E-state index >= 15 is 0 Å². The molecule has 1 aliphatic heterocycles. The van der Waals surface area contributed by atoms with E-state index in [0.717, 1.165) is 19.4 Å². The second-order valence-electron chi connectivity index (χ2n) is 7.19. The van der Waals surface area contributed by atoms with E-state index in [9.17, 15) is 9.59 Å². The van der Waals surface area contributed by atoms with Crippen LogP contribution >= 0.6 is 0 Å². The lowest BCUT2D eigenvalue weighted by Crippen LogP contribution is -2.25. The molecule has 0 amide bonds. The molecule has 0 spiro atoms. The minimum atomic E-state index is -0.482. The third kappa shape index (κ3) is 3.45. The Labute approximate surface area is 162 Å². The lowest BCUT2D eigenvalue weighted by Gasteiger charge is -2.24. The van der Waals surface area contributed by atoms with E-state index in [0.29, 0.717) is 23.9 Å². The van der Waals surface area contributed by atoms with Gasteiger partial charge in [0.25, 0.3) is 5.56 Å². The van der Waals surface area contributed by atoms with Crippen molar-refractivity contribution >= 4 is 11.6 Å². The summed E-state index contributed by atoms with van der Waals surface area (Å²) in [6.07, 6.45) is 3.66. The summed E-state index contributed by atoms with van der Waals surface area (Å²) in [6, 6.07) is 10.5. The van der Waals surface area contributed by atoms with Gasteiger partial charge in [0.15, 0.2) is 5.65 Å². The largest absolute Gasteiger partial charge is 0.462 e. The molecule has 0 bridgehead atoms. The Morgan fingerprint density at radius 1 is 1.32 bits per heavy atom. The summed E-state index contributed by atoms with van der Waals surface area (Å²) in [6.45, 7) is 5.62. The number of aryl methyl sites for hydroxylation is 1. The zero-order valence-corrected chi connectivity index (χ0v) is 16.1. The quantitative estimate of drug-likeness (QED) is 0.689. The van der Waals surface area contributed by atoms with E-state index < -0.39 is 5.97 Å². The fourth-order valence-electron chi connectivity index (χ4n) is 3.86. The van der Waals surface area contributed by atoms with Crippen LogP contribution in [0.2, 0.25) is 0 Å². The third-order valence-electron chi connectivity index (χ3n) is 5.24. The summed E-state index contributed by atoms with van der Waals surface area (Å²) in [4.78, 5) is 31.6. The standard InChI is InChI=1S/C21H24N4O3/c1-3-28-21(27)17-12-22-25-19(26)11-16(23-20(17)25)13-24-10-4-5-18(24)15-8-6-14(2)7-9-15/h6-9,11-12,18,22H,3-5,10,13H2,1-2H3. The number of hydrogen-bond acceptors (Lipinski definition) is 5. The Bertz CT molecular complexity index is 1050. The summed E-state index contributed by atoms with van der Waals surface area (Å²) in [7, 11) is 0. The Kier molecular flexibility index (Phi) is 5.00. The minimum absolute atomic E-state index is 0.235. The zero-order valence-electron chi connectivity index (χ0n) is 16.1. The van der Waals surface area contributed by atoms with Crippen molar-refractivity contribution in [1.29, 1.82) is 0 Å². The summed E-state index contributed by atoms with van der Waals surface area (Å²) in [5.41, 5.74) is 3.54. The summed E-state index contributed by atoms with van der Waals surface area (Å²) in [5, 5.41) is 2.78. The molecule has 7 nitrogen and oxygen atoms in total. The van der Waals surface area contributed by atoms with Gasteiger partial charge in [-0.15, -0.1) is 0 Å². The number of benzene rings is 1. The number of aromatic nitrogens is 3. The number of esters is 1. The Hall–Kier alpha value is -2.93. The van der Waals surface area contributed by atoms with E-state index in [-0.39, 0.29) is 17.7 Å². The molecule has 0 aliphatic carbocycles. The molecule has 0 saturated carbocycles. The number of aromatic amines is 1. The van der Waals surface area contributed by atoms with E-state index in [1.807, 2.05) is 0 Å². The predicted molar refractivity (Wildman–Crippen MR) is 105 cm³/mol. The molecule has 1 fully saturated rings. The average molecular weight is 380 g/mol. The van der Waals surface area contributed by atoms with Crippen molar-refractivity contribution in [2.24, 2.45) is 0 Å². The van der Waals surface area contributed by atoms with Crippen LogP contribution in [0.3, 0.4) is 0 Å². The van der Waals surface area contributed by atoms with Crippen LogP contribution < -0.4 is 5.56 Å². The molecule has 3 heterocycles. The highest BCUT2D eigenvalue weighted by atomic mass is 16.5. The molecule has 28 heavy (non-hydrogen) atoms. The molecule has 4 rings (SSSR count). The molecular weight excluding hydrogens is 356 g/mol. The van der Waals surface area contributed by atoms with Crippen molar-refractivity contribution < 1.29 is 9.53 Å². The SMILES string of the molecule is CCOC(=O)c1c[nH]n2c(=O)cc(CN3CCCC3c3ccc(C)cc3)nc12. The number of hydrogen-bond donors (Lipinski definition) is 1. The Balaban J connectivity index is 1.63. The van der Waals surface area contributed by atoms with E-state index in [1.54, 1.807) is 6.92 Å². The highest BCUT2D eigenvalue weighted by Gasteiger charge is 2.27. The van der Waals surface area contributed by atoms with Crippen molar-refractivity contribution in [2.45, 2.75) is 39.3 Å². The van der Waals surface area contributed by atoms with Gasteiger partial charge in [-0.2, -0.15) is 0 Å². The van der Waals surface area contributed by atoms with Crippen molar-refractivity contribution in [3.05, 3.63) is 69.3 Å². The number of H-pyrrole nitrogens is 1. The molecule has 2 aromatic heterocycles. The lowest BCUT2D eigenvalue weighted by molar-refractivity contribution is 0.0528. The van der Waals surface area contributed by atoms with Crippen LogP contribution in [0.15, 0.2) is 41.3 Å². The fraction of sp³-hybridized carbons (Fsp3) is 0.381. The number of nitrogens with one attached hydrogen (secondary N) is 1. The first kappa shape index (κ1) is 18.4. The van der Waals surface area contributed by atoms with Crippen LogP contribution in [0.25, 0.3) is 5.65 Å². The molecular formula is C21H24N4O3. The van der Waals surface area contributed by atoms with Crippen molar-refractivity contribution in [2.75, 3.05) is 13.2 Å². The van der Waals surface area contributed by atoms with Gasteiger partial charge in [0, 0.05) is 24.8 Å². The van der Waals surface area contributed by atoms with Crippen molar-refractivity contribution in [3.63, 3.8) is 0 Å². The van der Waals surface area contributed by atoms with Gasteiger partial charge < -0.3 is 4.74 Å². The molecule has 3 aromatic rings. The number of carbonyl (C=O) groups excluding carboxylic acids is 1. The molecule has 1 unspecified atom stereocenters. The number of rotatable bonds is 5. The second-order valence-corrected chi connectivity index (χ2v) is 7.19. The Morgan fingerprint density at radius 2 is 2.11 bits per heavy atom. The molecule has 1 aliphatic rings. The van der Waals surface area contributed by atoms with E-state index in [1.165, 1.54) is 27.9 Å². The van der Waals surface area contributed by atoms with Crippen LogP contribution in [-0.4, -0.2) is 38.6 Å². The molecule has 1 N–H and O–H groups in total. The van der Waals surface area contributed by atoms with Crippen molar-refractivity contribution in [3.8, 4) is 0 Å². The number of fused-ring (bicyclic) bond motifs is 1. The average Bonchev–Trinajstić information content (AvgIpc) is 3.30. The highest BCUT2D eigenvalue weighted by Crippen LogP contribution is 2.33. The number of nitrogens with zero attached hydrogens (tertiary/aromatic N) is 3. The van der Waals surface area contributed by atoms with Crippen LogP contribution in [-0.2, 0) is 11.3 Å². The van der Waals surface area contributed by atoms with Crippen LogP contribution in [0.5, 0.6) is 0 Å². The molecule has 7 heteroatoms. The van der Waals surface area contributed by atoms with Gasteiger partial charge in [-0.3, -0.25) is 14.8 Å². The van der Waals surface area contributed by atoms with Crippen molar-refractivity contribution in [1.82, 2.24) is 19.5 Å². The first-order valence-corrected chi connectivity index (χ1v) is 9.64. The van der Waals surface area contributed by atoms with Gasteiger partial charge in [0.1, 0.15) is 5.56 Å². The first-order chi connectivity index (χ1) is 13.6. The number of carbonyl (C=O) groups is 1. The first-order valence-electron chi connectivity index (χ1n) is 9.64. The molecule has 0 radical (unpaired) electrons. The molecule has 1 aromatic carbocycles. The van der Waals surface area contributed by atoms with E-state index in [4.69, 9.17) is 4.74 Å². The van der Waals surface area contributed by atoms with Gasteiger partial charge in [-0.25, -0.2) is 14.3 Å². The second kappa shape index (κ2) is 7.59. The van der Waals surface area contributed by atoms with Gasteiger partial charge >= 0.3 is 5.97 Å². The molecule has 1 atom stereocenters. The van der Waals surface area contributed by atoms with Gasteiger partial charge in [-0.05, 0) is 38.8 Å². The maximum atomic E-state index is 12.5. The third-order valence-corrected chi connectivity index (χ3v) is 5.24. The van der Waals surface area contributed by atoms with E-state index in [2.05, 4.69) is 46.2 Å². The van der Waals surface area contributed by atoms with Crippen LogP contribution in [0, 0.1) is 6.92 Å². The fourth-order valence-corrected chi connectivity index (χ4v) is 3.86. The maximum Gasteiger partial charge on any atom is 0.343 e. The number of ether oxygens (including phenoxy) is 1. The smallest absolute Gasteiger partial charge is 0.343 e. The molecule has 1 saturated heterocycles. The van der Waals surface area contributed by atoms with Crippen LogP contribution in [0.1, 0.15) is 53.0 Å². The maximum absolute atomic E-state index is 12.5. The van der Waals surface area contributed by atoms with Gasteiger partial charge in [0.2, 0.25) is 0 Å². The zero-order chi connectivity index (χ0) is 19.7.